The van der Waals surface area contributed by atoms with Crippen LogP contribution in [0.15, 0.2) is 48.5 Å². The second-order valence-electron chi connectivity index (χ2n) is 6.01. The van der Waals surface area contributed by atoms with Gasteiger partial charge in [0.1, 0.15) is 0 Å². The minimum Gasteiger partial charge on any atom is -0.341 e. The van der Waals surface area contributed by atoms with E-state index in [1.54, 1.807) is 0 Å². The predicted molar refractivity (Wildman–Crippen MR) is 90.5 cm³/mol. The molecule has 2 aromatic carbocycles. The number of nitrogens with zero attached hydrogens (tertiary/aromatic N) is 1. The van der Waals surface area contributed by atoms with Gasteiger partial charge in [0, 0.05) is 10.4 Å². The van der Waals surface area contributed by atoms with Crippen LogP contribution in [0.1, 0.15) is 35.3 Å². The molecule has 4 nitrogen and oxygen atoms in total. The number of hydrogen-bond donors (Lipinski definition) is 2. The van der Waals surface area contributed by atoms with E-state index in [0.717, 1.165) is 35.7 Å². The second-order valence-corrected chi connectivity index (χ2v) is 6.45. The fourth-order valence-electron chi connectivity index (χ4n) is 3.20. The minimum absolute atomic E-state index is 0.142. The fraction of sp³-hybridized carbons (Fsp3) is 0.222. The lowest BCUT2D eigenvalue weighted by molar-refractivity contribution is 0.0820. The number of carbonyl (C=O) groups is 1. The Kier molecular flexibility index (Phi) is 3.34. The molecule has 0 aliphatic heterocycles. The van der Waals surface area contributed by atoms with E-state index >= 15 is 0 Å². The van der Waals surface area contributed by atoms with Crippen LogP contribution >= 0.6 is 11.6 Å². The van der Waals surface area contributed by atoms with Crippen LogP contribution < -0.4 is 5.32 Å². The first kappa shape index (κ1) is 14.3. The molecule has 4 rings (SSSR count). The number of halogens is 1. The summed E-state index contributed by atoms with van der Waals surface area (Å²) < 4.78 is 0. The lowest BCUT2D eigenvalue weighted by atomic mass is 9.71. The summed E-state index contributed by atoms with van der Waals surface area (Å²) in [6, 6.07) is 15.4. The first-order valence-electron chi connectivity index (χ1n) is 7.70. The Balaban J connectivity index is 1.65. The number of hydrogen-bond acceptors (Lipinski definition) is 2. The van der Waals surface area contributed by atoms with Crippen molar-refractivity contribution in [1.29, 1.82) is 0 Å². The first-order chi connectivity index (χ1) is 11.2. The quantitative estimate of drug-likeness (QED) is 0.764. The zero-order valence-corrected chi connectivity index (χ0v) is 13.2. The van der Waals surface area contributed by atoms with Crippen LogP contribution in [0.2, 0.25) is 5.02 Å². The molecule has 1 aromatic heterocycles. The van der Waals surface area contributed by atoms with Crippen molar-refractivity contribution in [3.8, 4) is 0 Å². The maximum Gasteiger partial charge on any atom is 0.273 e. The highest BCUT2D eigenvalue weighted by atomic mass is 35.5. The summed E-state index contributed by atoms with van der Waals surface area (Å²) in [5.74, 6) is -0.142. The molecule has 1 aliphatic carbocycles. The van der Waals surface area contributed by atoms with Crippen molar-refractivity contribution >= 4 is 28.4 Å². The number of aromatic nitrogens is 2. The number of carbonyl (C=O) groups excluding carboxylic acids is 1. The highest BCUT2D eigenvalue weighted by Crippen LogP contribution is 2.41. The van der Waals surface area contributed by atoms with E-state index < -0.39 is 0 Å². The van der Waals surface area contributed by atoms with Gasteiger partial charge in [-0.15, -0.1) is 0 Å². The molecule has 0 saturated heterocycles. The largest absolute Gasteiger partial charge is 0.341 e. The molecule has 116 valence electrons. The number of H-pyrrole nitrogens is 1. The summed E-state index contributed by atoms with van der Waals surface area (Å²) >= 11 is 5.97. The van der Waals surface area contributed by atoms with Crippen molar-refractivity contribution in [2.45, 2.75) is 24.8 Å². The molecule has 0 atom stereocenters. The zero-order chi connectivity index (χ0) is 15.9. The number of amides is 1. The van der Waals surface area contributed by atoms with E-state index in [9.17, 15) is 4.79 Å². The monoisotopic (exact) mass is 325 g/mol. The highest BCUT2D eigenvalue weighted by Gasteiger charge is 2.40. The molecule has 0 radical (unpaired) electrons. The van der Waals surface area contributed by atoms with Crippen molar-refractivity contribution in [1.82, 2.24) is 15.5 Å². The molecular weight excluding hydrogens is 310 g/mol. The smallest absolute Gasteiger partial charge is 0.273 e. The van der Waals surface area contributed by atoms with Crippen LogP contribution in [-0.2, 0) is 5.54 Å². The van der Waals surface area contributed by atoms with E-state index in [2.05, 4.69) is 15.5 Å². The molecule has 1 heterocycles. The maximum absolute atomic E-state index is 12.7. The van der Waals surface area contributed by atoms with Crippen LogP contribution in [0.3, 0.4) is 0 Å². The van der Waals surface area contributed by atoms with Gasteiger partial charge in [0.2, 0.25) is 0 Å². The number of rotatable bonds is 3. The van der Waals surface area contributed by atoms with E-state index in [4.69, 9.17) is 11.6 Å². The van der Waals surface area contributed by atoms with Gasteiger partial charge in [-0.2, -0.15) is 5.10 Å². The molecule has 1 saturated carbocycles. The van der Waals surface area contributed by atoms with Gasteiger partial charge in [-0.05, 0) is 43.0 Å². The normalized spacial score (nSPS) is 16.0. The molecule has 2 N–H and O–H groups in total. The van der Waals surface area contributed by atoms with Crippen molar-refractivity contribution in [2.75, 3.05) is 0 Å². The molecule has 0 spiro atoms. The third kappa shape index (κ3) is 2.39. The van der Waals surface area contributed by atoms with Crippen molar-refractivity contribution < 1.29 is 4.79 Å². The minimum atomic E-state index is -0.304. The molecule has 0 unspecified atom stereocenters. The molecular formula is C18H16ClN3O. The van der Waals surface area contributed by atoms with Gasteiger partial charge >= 0.3 is 0 Å². The second kappa shape index (κ2) is 5.39. The Morgan fingerprint density at radius 2 is 1.87 bits per heavy atom. The lowest BCUT2D eigenvalue weighted by Gasteiger charge is -2.43. The van der Waals surface area contributed by atoms with Crippen molar-refractivity contribution in [2.24, 2.45) is 0 Å². The average Bonchev–Trinajstić information content (AvgIpc) is 2.96. The molecule has 5 heteroatoms. The highest BCUT2D eigenvalue weighted by molar-refractivity contribution is 6.30. The van der Waals surface area contributed by atoms with Crippen molar-refractivity contribution in [3.63, 3.8) is 0 Å². The molecule has 3 aromatic rings. The standard InChI is InChI=1S/C18H16ClN3O/c19-13-8-6-12(7-9-13)18(10-3-11-18)20-17(23)16-14-4-1-2-5-15(14)21-22-16/h1-2,4-9H,3,10-11H2,(H,20,23)(H,21,22). The summed E-state index contributed by atoms with van der Waals surface area (Å²) in [5.41, 5.74) is 2.11. The van der Waals surface area contributed by atoms with E-state index in [1.807, 2.05) is 48.5 Å². The molecule has 1 amide bonds. The Bertz CT molecular complexity index is 865. The van der Waals surface area contributed by atoms with Gasteiger partial charge in [0.15, 0.2) is 5.69 Å². The van der Waals surface area contributed by atoms with Gasteiger partial charge < -0.3 is 5.32 Å². The fourth-order valence-corrected chi connectivity index (χ4v) is 3.32. The number of para-hydroxylation sites is 1. The summed E-state index contributed by atoms with van der Waals surface area (Å²) in [5, 5.41) is 11.8. The SMILES string of the molecule is O=C(NC1(c2ccc(Cl)cc2)CCC1)c1n[nH]c2ccccc12. The lowest BCUT2D eigenvalue weighted by Crippen LogP contribution is -2.50. The average molecular weight is 326 g/mol. The van der Waals surface area contributed by atoms with Gasteiger partial charge in [0.25, 0.3) is 5.91 Å². The van der Waals surface area contributed by atoms with Gasteiger partial charge in [-0.1, -0.05) is 41.9 Å². The topological polar surface area (TPSA) is 57.8 Å². The van der Waals surface area contributed by atoms with E-state index in [1.165, 1.54) is 0 Å². The number of aromatic amines is 1. The van der Waals surface area contributed by atoms with Gasteiger partial charge in [0.05, 0.1) is 11.1 Å². The zero-order valence-electron chi connectivity index (χ0n) is 12.5. The molecule has 1 aliphatic rings. The van der Waals surface area contributed by atoms with Crippen LogP contribution in [-0.4, -0.2) is 16.1 Å². The van der Waals surface area contributed by atoms with Crippen LogP contribution in [0.5, 0.6) is 0 Å². The Morgan fingerprint density at radius 1 is 1.13 bits per heavy atom. The van der Waals surface area contributed by atoms with Crippen LogP contribution in [0.4, 0.5) is 0 Å². The molecule has 23 heavy (non-hydrogen) atoms. The molecule has 1 fully saturated rings. The summed E-state index contributed by atoms with van der Waals surface area (Å²) in [7, 11) is 0. The van der Waals surface area contributed by atoms with Gasteiger partial charge in [-0.25, -0.2) is 0 Å². The maximum atomic E-state index is 12.7. The summed E-state index contributed by atoms with van der Waals surface area (Å²) in [6.07, 6.45) is 2.97. The van der Waals surface area contributed by atoms with E-state index in [-0.39, 0.29) is 11.4 Å². The first-order valence-corrected chi connectivity index (χ1v) is 8.07. The Labute approximate surface area is 138 Å². The Morgan fingerprint density at radius 3 is 2.57 bits per heavy atom. The number of fused-ring (bicyclic) bond motifs is 1. The summed E-state index contributed by atoms with van der Waals surface area (Å²) in [6.45, 7) is 0. The predicted octanol–water partition coefficient (Wildman–Crippen LogP) is 4.03. The number of benzene rings is 2. The van der Waals surface area contributed by atoms with Crippen molar-refractivity contribution in [3.05, 3.63) is 64.8 Å². The summed E-state index contributed by atoms with van der Waals surface area (Å²) in [4.78, 5) is 12.7. The molecule has 0 bridgehead atoms. The van der Waals surface area contributed by atoms with Crippen LogP contribution in [0.25, 0.3) is 10.9 Å². The van der Waals surface area contributed by atoms with Gasteiger partial charge in [-0.3, -0.25) is 9.89 Å². The van der Waals surface area contributed by atoms with Crippen LogP contribution in [0, 0.1) is 0 Å². The van der Waals surface area contributed by atoms with E-state index in [0.29, 0.717) is 10.7 Å². The number of nitrogens with one attached hydrogen (secondary N) is 2. The third-order valence-corrected chi connectivity index (χ3v) is 4.89. The third-order valence-electron chi connectivity index (χ3n) is 4.64. The Hall–Kier alpha value is -2.33.